The Morgan fingerprint density at radius 2 is 0.907 bits per heavy atom. The van der Waals surface area contributed by atoms with Gasteiger partial charge < -0.3 is 29.7 Å². The summed E-state index contributed by atoms with van der Waals surface area (Å²) in [6.07, 6.45) is 22.4. The number of hydrogen-bond acceptors (Lipinski definition) is 6. The fourth-order valence-electron chi connectivity index (χ4n) is 3.62. The second-order valence-electron chi connectivity index (χ2n) is 9.09. The maximum absolute atomic E-state index is 8.69. The third-order valence-corrected chi connectivity index (χ3v) is 5.82. The van der Waals surface area contributed by atoms with Gasteiger partial charge in [0.05, 0.1) is 0 Å². The number of nitrogens with one attached hydrogen (secondary N) is 1. The molecule has 6 heteroatoms. The van der Waals surface area contributed by atoms with Gasteiger partial charge in [0, 0.05) is 41.2 Å². The molecule has 0 saturated heterocycles. The van der Waals surface area contributed by atoms with E-state index in [0.29, 0.717) is 6.61 Å². The lowest BCUT2D eigenvalue weighted by Gasteiger charge is -2.16. The zero-order valence-electron chi connectivity index (χ0n) is 32.5. The van der Waals surface area contributed by atoms with E-state index in [1.165, 1.54) is 83.5 Å². The van der Waals surface area contributed by atoms with Gasteiger partial charge in [-0.05, 0) is 58.0 Å². The predicted octanol–water partition coefficient (Wildman–Crippen LogP) is 11.0. The molecule has 0 heterocycles. The molecule has 0 bridgehead atoms. The second kappa shape index (κ2) is 78.3. The van der Waals surface area contributed by atoms with Gasteiger partial charge in [0.25, 0.3) is 0 Å². The minimum Gasteiger partial charge on any atom is -0.400 e. The summed E-state index contributed by atoms with van der Waals surface area (Å²) in [6.45, 7) is 24.7. The molecule has 43 heavy (non-hydrogen) atoms. The van der Waals surface area contributed by atoms with E-state index in [-0.39, 0.29) is 6.29 Å². The van der Waals surface area contributed by atoms with E-state index in [2.05, 4.69) is 19.2 Å². The minimum atomic E-state index is -0.0249. The van der Waals surface area contributed by atoms with Gasteiger partial charge in [-0.1, -0.05) is 140 Å². The largest absolute Gasteiger partial charge is 0.400 e. The van der Waals surface area contributed by atoms with Crippen molar-refractivity contribution < 1.29 is 24.4 Å². The Balaban J connectivity index is -0.000000108. The SMILES string of the molecule is CC.CC.CC.CC.CCCCCCCCOC.CCCCCCCCOC(CCCCCNCCCCO)OC.CO. The van der Waals surface area contributed by atoms with Crippen LogP contribution in [0.4, 0.5) is 0 Å². The highest BCUT2D eigenvalue weighted by atomic mass is 16.7. The van der Waals surface area contributed by atoms with Crippen molar-refractivity contribution in [1.82, 2.24) is 5.32 Å². The van der Waals surface area contributed by atoms with Gasteiger partial charge in [-0.15, -0.1) is 0 Å². The molecule has 0 fully saturated rings. The molecule has 0 aromatic carbocycles. The molecule has 0 saturated carbocycles. The molecular formula is C37H89NO5. The van der Waals surface area contributed by atoms with Crippen LogP contribution in [0.15, 0.2) is 0 Å². The molecule has 0 spiro atoms. The van der Waals surface area contributed by atoms with E-state index in [4.69, 9.17) is 24.4 Å². The fourth-order valence-corrected chi connectivity index (χ4v) is 3.62. The lowest BCUT2D eigenvalue weighted by molar-refractivity contribution is -0.128. The fraction of sp³-hybridized carbons (Fsp3) is 1.00. The average molecular weight is 628 g/mol. The number of rotatable bonds is 26. The molecule has 0 radical (unpaired) electrons. The van der Waals surface area contributed by atoms with Crippen LogP contribution in [-0.4, -0.2) is 70.7 Å². The van der Waals surface area contributed by atoms with Gasteiger partial charge in [-0.25, -0.2) is 0 Å². The first-order valence-electron chi connectivity index (χ1n) is 18.7. The second-order valence-corrected chi connectivity index (χ2v) is 9.09. The Bertz CT molecular complexity index is 315. The number of hydrogen-bond donors (Lipinski definition) is 3. The summed E-state index contributed by atoms with van der Waals surface area (Å²) in [5, 5.41) is 19.1. The highest BCUT2D eigenvalue weighted by molar-refractivity contribution is 4.52. The van der Waals surface area contributed by atoms with Crippen LogP contribution in [0.3, 0.4) is 0 Å². The maximum atomic E-state index is 8.69. The number of aliphatic hydroxyl groups excluding tert-OH is 2. The van der Waals surface area contributed by atoms with Gasteiger partial charge in [0.15, 0.2) is 6.29 Å². The van der Waals surface area contributed by atoms with Crippen LogP contribution in [0.2, 0.25) is 0 Å². The molecule has 1 atom stereocenters. The molecule has 0 amide bonds. The molecule has 6 nitrogen and oxygen atoms in total. The van der Waals surface area contributed by atoms with Crippen LogP contribution in [0, 0.1) is 0 Å². The van der Waals surface area contributed by atoms with Crippen molar-refractivity contribution in [2.75, 3.05) is 54.2 Å². The van der Waals surface area contributed by atoms with Gasteiger partial charge in [-0.3, -0.25) is 0 Å². The predicted molar refractivity (Wildman–Crippen MR) is 197 cm³/mol. The van der Waals surface area contributed by atoms with Crippen molar-refractivity contribution in [3.05, 3.63) is 0 Å². The molecular weight excluding hydrogens is 538 g/mol. The zero-order chi connectivity index (χ0) is 34.7. The van der Waals surface area contributed by atoms with Gasteiger partial charge >= 0.3 is 0 Å². The molecule has 0 aromatic heterocycles. The first-order chi connectivity index (χ1) is 21.3. The Morgan fingerprint density at radius 1 is 0.512 bits per heavy atom. The smallest absolute Gasteiger partial charge is 0.157 e. The van der Waals surface area contributed by atoms with Crippen molar-refractivity contribution in [2.45, 2.75) is 191 Å². The number of aliphatic hydroxyl groups is 2. The Kier molecular flexibility index (Phi) is 106. The molecule has 1 unspecified atom stereocenters. The van der Waals surface area contributed by atoms with Crippen LogP contribution >= 0.6 is 0 Å². The summed E-state index contributed by atoms with van der Waals surface area (Å²) in [4.78, 5) is 0. The molecule has 0 aliphatic carbocycles. The first kappa shape index (κ1) is 58.3. The summed E-state index contributed by atoms with van der Waals surface area (Å²) in [7, 11) is 4.51. The summed E-state index contributed by atoms with van der Waals surface area (Å²) in [5.74, 6) is 0. The standard InChI is InChI=1S/C19H41NO3.C9H20O.4C2H6.CH4O/c1-3-4-5-6-7-13-18-23-19(22-2)14-9-8-10-15-20-16-11-12-17-21;1-3-4-5-6-7-8-9-10-2;5*1-2/h19-21H,3-18H2,1-2H3;3-9H2,1-2H3;4*1-2H3;2H,1H3. The minimum absolute atomic E-state index is 0.0249. The first-order valence-corrected chi connectivity index (χ1v) is 18.7. The number of unbranched alkanes of at least 4 members (excludes halogenated alkanes) is 13. The summed E-state index contributed by atoms with van der Waals surface area (Å²) in [6, 6.07) is 0. The van der Waals surface area contributed by atoms with Crippen LogP contribution in [0.5, 0.6) is 0 Å². The highest BCUT2D eigenvalue weighted by Crippen LogP contribution is 2.10. The molecule has 0 aliphatic rings. The van der Waals surface area contributed by atoms with Crippen LogP contribution in [0.1, 0.15) is 185 Å². The monoisotopic (exact) mass is 628 g/mol. The van der Waals surface area contributed by atoms with Crippen molar-refractivity contribution >= 4 is 0 Å². The number of ether oxygens (including phenoxy) is 3. The lowest BCUT2D eigenvalue weighted by Crippen LogP contribution is -2.18. The van der Waals surface area contributed by atoms with Crippen LogP contribution < -0.4 is 5.32 Å². The quantitative estimate of drug-likeness (QED) is 0.0654. The molecule has 0 aromatic rings. The van der Waals surface area contributed by atoms with E-state index >= 15 is 0 Å². The highest BCUT2D eigenvalue weighted by Gasteiger charge is 2.06. The van der Waals surface area contributed by atoms with Crippen LogP contribution in [0.25, 0.3) is 0 Å². The van der Waals surface area contributed by atoms with Crippen LogP contribution in [-0.2, 0) is 14.2 Å². The van der Waals surface area contributed by atoms with E-state index in [1.807, 2.05) is 55.4 Å². The van der Waals surface area contributed by atoms with Crippen molar-refractivity contribution in [3.8, 4) is 0 Å². The molecule has 3 N–H and O–H groups in total. The van der Waals surface area contributed by atoms with E-state index < -0.39 is 0 Å². The average Bonchev–Trinajstić information content (AvgIpc) is 3.09. The van der Waals surface area contributed by atoms with E-state index in [1.54, 1.807) is 14.2 Å². The Morgan fingerprint density at radius 3 is 1.33 bits per heavy atom. The number of methoxy groups -OCH3 is 2. The van der Waals surface area contributed by atoms with Crippen molar-refractivity contribution in [2.24, 2.45) is 0 Å². The third-order valence-electron chi connectivity index (χ3n) is 5.82. The summed E-state index contributed by atoms with van der Waals surface area (Å²) in [5.41, 5.74) is 0. The van der Waals surface area contributed by atoms with Gasteiger partial charge in [-0.2, -0.15) is 0 Å². The lowest BCUT2D eigenvalue weighted by atomic mass is 10.1. The third kappa shape index (κ3) is 79.8. The Hall–Kier alpha value is -0.240. The molecule has 0 rings (SSSR count). The molecule has 0 aliphatic heterocycles. The Labute approximate surface area is 274 Å². The van der Waals surface area contributed by atoms with Crippen molar-refractivity contribution in [1.29, 1.82) is 0 Å². The summed E-state index contributed by atoms with van der Waals surface area (Å²) < 4.78 is 16.2. The van der Waals surface area contributed by atoms with E-state index in [9.17, 15) is 0 Å². The molecule has 272 valence electrons. The van der Waals surface area contributed by atoms with E-state index in [0.717, 1.165) is 65.5 Å². The maximum Gasteiger partial charge on any atom is 0.157 e. The normalized spacial score (nSPS) is 9.84. The van der Waals surface area contributed by atoms with Gasteiger partial charge in [0.2, 0.25) is 0 Å². The summed E-state index contributed by atoms with van der Waals surface area (Å²) >= 11 is 0. The topological polar surface area (TPSA) is 80.2 Å². The van der Waals surface area contributed by atoms with Gasteiger partial charge in [0.1, 0.15) is 0 Å². The zero-order valence-corrected chi connectivity index (χ0v) is 32.5. The van der Waals surface area contributed by atoms with Crippen molar-refractivity contribution in [3.63, 3.8) is 0 Å².